The van der Waals surface area contributed by atoms with Gasteiger partial charge in [-0.25, -0.2) is 9.59 Å². The van der Waals surface area contributed by atoms with Crippen LogP contribution in [0.2, 0.25) is 0 Å². The van der Waals surface area contributed by atoms with Crippen molar-refractivity contribution in [2.45, 2.75) is 6.10 Å². The van der Waals surface area contributed by atoms with Crippen molar-refractivity contribution in [1.29, 1.82) is 0 Å². The van der Waals surface area contributed by atoms with Gasteiger partial charge in [-0.05, 0) is 0 Å². The van der Waals surface area contributed by atoms with Gasteiger partial charge >= 0.3 is 41.5 Å². The molecule has 0 radical (unpaired) electrons. The third kappa shape index (κ3) is 4.41. The zero-order chi connectivity index (χ0) is 6.73. The van der Waals surface area contributed by atoms with E-state index in [2.05, 4.69) is 0 Å². The second-order valence-corrected chi connectivity index (χ2v) is 1.08. The van der Waals surface area contributed by atoms with Crippen LogP contribution in [0.15, 0.2) is 0 Å². The molecule has 0 saturated heterocycles. The molecule has 0 aliphatic heterocycles. The van der Waals surface area contributed by atoms with E-state index in [4.69, 9.17) is 15.3 Å². The first kappa shape index (κ1) is 11.7. The van der Waals surface area contributed by atoms with Crippen molar-refractivity contribution in [3.8, 4) is 0 Å². The third-order valence-electron chi connectivity index (χ3n) is 0.468. The first-order chi connectivity index (χ1) is 3.55. The number of carboxylic acids is 2. The van der Waals surface area contributed by atoms with Crippen molar-refractivity contribution < 1.29 is 24.9 Å². The van der Waals surface area contributed by atoms with E-state index in [0.717, 1.165) is 0 Å². The molecule has 0 aromatic heterocycles. The Morgan fingerprint density at radius 2 is 1.33 bits per heavy atom. The molecular weight excluding hydrogens is 139 g/mol. The summed E-state index contributed by atoms with van der Waals surface area (Å²) >= 11 is 0. The number of hydrogen-bond acceptors (Lipinski definition) is 3. The van der Waals surface area contributed by atoms with Crippen molar-refractivity contribution in [3.63, 3.8) is 0 Å². The minimum atomic E-state index is -2.30. The number of hydrogen-bond donors (Lipinski definition) is 3. The quantitative estimate of drug-likeness (QED) is 0.304. The fourth-order valence-corrected chi connectivity index (χ4v) is 0.106. The van der Waals surface area contributed by atoms with Crippen LogP contribution in [0.5, 0.6) is 0 Å². The van der Waals surface area contributed by atoms with Gasteiger partial charge in [-0.1, -0.05) is 0 Å². The summed E-state index contributed by atoms with van der Waals surface area (Å²) in [5, 5.41) is 23.4. The first-order valence-electron chi connectivity index (χ1n) is 1.69. The molecule has 5 nitrogen and oxygen atoms in total. The molecule has 0 atom stereocenters. The van der Waals surface area contributed by atoms with E-state index in [-0.39, 0.29) is 29.6 Å². The van der Waals surface area contributed by atoms with Crippen molar-refractivity contribution >= 4 is 41.5 Å². The van der Waals surface area contributed by atoms with Gasteiger partial charge in [0.25, 0.3) is 0 Å². The molecule has 0 rings (SSSR count). The fourth-order valence-electron chi connectivity index (χ4n) is 0.106. The van der Waals surface area contributed by atoms with Gasteiger partial charge < -0.3 is 15.3 Å². The van der Waals surface area contributed by atoms with Crippen molar-refractivity contribution in [3.05, 3.63) is 0 Å². The molecule has 0 bridgehead atoms. The molecule has 0 aromatic rings. The molecule has 0 aliphatic rings. The van der Waals surface area contributed by atoms with Crippen LogP contribution in [0, 0.1) is 0 Å². The van der Waals surface area contributed by atoms with Gasteiger partial charge in [-0.3, -0.25) is 0 Å². The summed E-state index contributed by atoms with van der Waals surface area (Å²) in [6.45, 7) is 0. The van der Waals surface area contributed by atoms with Gasteiger partial charge in [-0.2, -0.15) is 0 Å². The van der Waals surface area contributed by atoms with Crippen LogP contribution in [-0.4, -0.2) is 62.9 Å². The van der Waals surface area contributed by atoms with Crippen molar-refractivity contribution in [1.82, 2.24) is 0 Å². The average Bonchev–Trinajstić information content (AvgIpc) is 1.64. The maximum atomic E-state index is 9.51. The Labute approximate surface area is 72.6 Å². The number of aliphatic hydroxyl groups is 1. The van der Waals surface area contributed by atoms with Gasteiger partial charge in [0, 0.05) is 0 Å². The summed E-state index contributed by atoms with van der Waals surface area (Å²) in [5.74, 6) is -3.50. The van der Waals surface area contributed by atoms with Crippen LogP contribution in [-0.2, 0) is 9.59 Å². The molecule has 0 heterocycles. The molecule has 48 valence electrons. The maximum absolute atomic E-state index is 9.51. The molecule has 0 amide bonds. The number of rotatable bonds is 2. The monoisotopic (exact) mass is 144 g/mol. The van der Waals surface area contributed by atoms with Gasteiger partial charge in [0.2, 0.25) is 6.10 Å². The molecule has 3 N–H and O–H groups in total. The molecule has 9 heavy (non-hydrogen) atoms. The summed E-state index contributed by atoms with van der Waals surface area (Å²) in [6.07, 6.45) is -2.30. The topological polar surface area (TPSA) is 94.8 Å². The molecule has 0 unspecified atom stereocenters. The van der Waals surface area contributed by atoms with E-state index in [1.54, 1.807) is 0 Å². The fraction of sp³-hybridized carbons (Fsp3) is 0.333. The molecule has 0 aliphatic carbocycles. The van der Waals surface area contributed by atoms with E-state index in [1.807, 2.05) is 0 Å². The van der Waals surface area contributed by atoms with E-state index in [1.165, 1.54) is 0 Å². The molecule has 0 saturated carbocycles. The summed E-state index contributed by atoms with van der Waals surface area (Å²) in [7, 11) is 0. The summed E-state index contributed by atoms with van der Waals surface area (Å²) < 4.78 is 0. The van der Waals surface area contributed by atoms with Gasteiger partial charge in [0.1, 0.15) is 0 Å². The Bertz CT molecular complexity index is 107. The molecular formula is C3H5NaO5. The van der Waals surface area contributed by atoms with Crippen LogP contribution >= 0.6 is 0 Å². The molecule has 0 aromatic carbocycles. The van der Waals surface area contributed by atoms with E-state index >= 15 is 0 Å². The Morgan fingerprint density at radius 1 is 1.11 bits per heavy atom. The van der Waals surface area contributed by atoms with Crippen LogP contribution in [0.25, 0.3) is 0 Å². The van der Waals surface area contributed by atoms with Crippen LogP contribution in [0.1, 0.15) is 0 Å². The Balaban J connectivity index is 0. The number of aliphatic hydroxyl groups excluding tert-OH is 1. The van der Waals surface area contributed by atoms with Gasteiger partial charge in [0.15, 0.2) is 0 Å². The van der Waals surface area contributed by atoms with Crippen LogP contribution in [0.4, 0.5) is 0 Å². The van der Waals surface area contributed by atoms with Crippen molar-refractivity contribution in [2.24, 2.45) is 0 Å². The standard InChI is InChI=1S/C3H4O5.Na.H/c4-1(2(5)6)3(7)8;;/h1,4H,(H,5,6)(H,7,8);;. The second-order valence-electron chi connectivity index (χ2n) is 1.08. The third-order valence-corrected chi connectivity index (χ3v) is 0.468. The Morgan fingerprint density at radius 3 is 1.33 bits per heavy atom. The summed E-state index contributed by atoms with van der Waals surface area (Å²) in [6, 6.07) is 0. The number of carbonyl (C=O) groups is 2. The second kappa shape index (κ2) is 4.75. The first-order valence-corrected chi connectivity index (χ1v) is 1.69. The van der Waals surface area contributed by atoms with Gasteiger partial charge in [0.05, 0.1) is 0 Å². The summed E-state index contributed by atoms with van der Waals surface area (Å²) in [4.78, 5) is 19.0. The summed E-state index contributed by atoms with van der Waals surface area (Å²) in [5.41, 5.74) is 0. The van der Waals surface area contributed by atoms with Crippen LogP contribution in [0.3, 0.4) is 0 Å². The zero-order valence-electron chi connectivity index (χ0n) is 3.74. The number of carboxylic acid groups (broad SMARTS) is 2. The Hall–Kier alpha value is -0.100. The molecule has 6 heteroatoms. The Kier molecular flexibility index (Phi) is 6.16. The van der Waals surface area contributed by atoms with Crippen molar-refractivity contribution in [2.75, 3.05) is 0 Å². The van der Waals surface area contributed by atoms with E-state index < -0.39 is 18.0 Å². The zero-order valence-corrected chi connectivity index (χ0v) is 3.74. The van der Waals surface area contributed by atoms with Gasteiger partial charge in [-0.15, -0.1) is 0 Å². The molecule has 0 fully saturated rings. The molecule has 0 spiro atoms. The predicted octanol–water partition coefficient (Wildman–Crippen LogP) is -2.13. The normalized spacial score (nSPS) is 8.22. The number of aliphatic carboxylic acids is 2. The average molecular weight is 144 g/mol. The SMILES string of the molecule is O=C(O)C(O)C(=O)O.[NaH]. The van der Waals surface area contributed by atoms with E-state index in [0.29, 0.717) is 0 Å². The van der Waals surface area contributed by atoms with Crippen LogP contribution < -0.4 is 0 Å². The van der Waals surface area contributed by atoms with E-state index in [9.17, 15) is 9.59 Å². The minimum absolute atomic E-state index is 0. The predicted molar refractivity (Wildman–Crippen MR) is 28.4 cm³/mol.